The van der Waals surface area contributed by atoms with Gasteiger partial charge in [-0.2, -0.15) is 0 Å². The molecule has 0 aromatic heterocycles. The zero-order valence-corrected chi connectivity index (χ0v) is 10.0. The van der Waals surface area contributed by atoms with Crippen LogP contribution in [0.1, 0.15) is 31.9 Å². The van der Waals surface area contributed by atoms with Crippen LogP contribution in [0.2, 0.25) is 5.02 Å². The quantitative estimate of drug-likeness (QED) is 0.845. The average molecular weight is 231 g/mol. The number of hydrogen-bond acceptors (Lipinski definition) is 1. The van der Waals surface area contributed by atoms with E-state index in [2.05, 4.69) is 0 Å². The van der Waals surface area contributed by atoms with Crippen molar-refractivity contribution in [2.75, 3.05) is 6.61 Å². The highest BCUT2D eigenvalue weighted by atomic mass is 35.5. The molecule has 0 aliphatic heterocycles. The summed E-state index contributed by atoms with van der Waals surface area (Å²) in [5, 5.41) is 9.35. The summed E-state index contributed by atoms with van der Waals surface area (Å²) in [6, 6.07) is 3.41. The van der Waals surface area contributed by atoms with E-state index in [0.29, 0.717) is 5.56 Å². The van der Waals surface area contributed by atoms with Gasteiger partial charge in [0.15, 0.2) is 0 Å². The molecule has 0 fully saturated rings. The summed E-state index contributed by atoms with van der Waals surface area (Å²) in [4.78, 5) is 0. The van der Waals surface area contributed by atoms with Crippen molar-refractivity contribution in [3.63, 3.8) is 0 Å². The van der Waals surface area contributed by atoms with Gasteiger partial charge in [-0.1, -0.05) is 38.4 Å². The highest BCUT2D eigenvalue weighted by Crippen LogP contribution is 2.30. The monoisotopic (exact) mass is 230 g/mol. The molecular formula is C12H16ClFO. The van der Waals surface area contributed by atoms with Crippen LogP contribution < -0.4 is 0 Å². The second-order valence-electron chi connectivity index (χ2n) is 4.33. The topological polar surface area (TPSA) is 20.2 Å². The molecule has 0 bridgehead atoms. The van der Waals surface area contributed by atoms with Crippen molar-refractivity contribution in [2.24, 2.45) is 0 Å². The number of halogens is 2. The van der Waals surface area contributed by atoms with E-state index in [1.807, 2.05) is 6.92 Å². The second kappa shape index (κ2) is 4.50. The number of aryl methyl sites for hydroxylation is 1. The Balaban J connectivity index is 3.34. The van der Waals surface area contributed by atoms with Crippen LogP contribution in [0.15, 0.2) is 12.1 Å². The van der Waals surface area contributed by atoms with E-state index in [9.17, 15) is 9.50 Å². The maximum atomic E-state index is 13.8. The highest BCUT2D eigenvalue weighted by molar-refractivity contribution is 6.30. The molecule has 0 unspecified atom stereocenters. The molecule has 0 radical (unpaired) electrons. The number of hydrogen-bond donors (Lipinski definition) is 1. The first-order valence-corrected chi connectivity index (χ1v) is 5.39. The molecule has 1 nitrogen and oxygen atoms in total. The summed E-state index contributed by atoms with van der Waals surface area (Å²) >= 11 is 5.80. The normalized spacial score (nSPS) is 11.9. The molecule has 0 saturated carbocycles. The Morgan fingerprint density at radius 3 is 2.47 bits per heavy atom. The van der Waals surface area contributed by atoms with Gasteiger partial charge in [0.05, 0.1) is 11.6 Å². The Morgan fingerprint density at radius 2 is 2.00 bits per heavy atom. The summed E-state index contributed by atoms with van der Waals surface area (Å²) < 4.78 is 13.8. The smallest absolute Gasteiger partial charge is 0.145 e. The summed E-state index contributed by atoms with van der Waals surface area (Å²) in [7, 11) is 0. The van der Waals surface area contributed by atoms with E-state index in [-0.39, 0.29) is 11.6 Å². The predicted octanol–water partition coefficient (Wildman–Crippen LogP) is 3.31. The lowest BCUT2D eigenvalue weighted by Gasteiger charge is -2.24. The highest BCUT2D eigenvalue weighted by Gasteiger charge is 2.25. The molecule has 15 heavy (non-hydrogen) atoms. The van der Waals surface area contributed by atoms with Gasteiger partial charge in [-0.05, 0) is 23.6 Å². The van der Waals surface area contributed by atoms with E-state index in [1.165, 1.54) is 0 Å². The van der Waals surface area contributed by atoms with Gasteiger partial charge >= 0.3 is 0 Å². The van der Waals surface area contributed by atoms with Crippen LogP contribution in [0.5, 0.6) is 0 Å². The molecule has 3 heteroatoms. The first kappa shape index (κ1) is 12.5. The molecule has 1 N–H and O–H groups in total. The van der Waals surface area contributed by atoms with Gasteiger partial charge in [0, 0.05) is 5.41 Å². The number of aliphatic hydroxyl groups is 1. The molecule has 1 aromatic carbocycles. The molecule has 0 spiro atoms. The SMILES string of the molecule is CCc1cc(Cl)c(F)c(C(C)(C)CO)c1. The minimum absolute atomic E-state index is 0.104. The maximum absolute atomic E-state index is 13.8. The van der Waals surface area contributed by atoms with Crippen LogP contribution in [-0.4, -0.2) is 11.7 Å². The maximum Gasteiger partial charge on any atom is 0.145 e. The molecule has 0 atom stereocenters. The minimum Gasteiger partial charge on any atom is -0.395 e. The number of benzene rings is 1. The van der Waals surface area contributed by atoms with Crippen LogP contribution in [0, 0.1) is 5.82 Å². The van der Waals surface area contributed by atoms with Gasteiger partial charge in [0.2, 0.25) is 0 Å². The zero-order valence-electron chi connectivity index (χ0n) is 9.27. The van der Waals surface area contributed by atoms with Crippen molar-refractivity contribution in [3.05, 3.63) is 34.1 Å². The minimum atomic E-state index is -0.598. The number of rotatable bonds is 3. The lowest BCUT2D eigenvalue weighted by atomic mass is 9.84. The molecule has 0 heterocycles. The molecule has 0 saturated heterocycles. The molecule has 1 rings (SSSR count). The van der Waals surface area contributed by atoms with Crippen LogP contribution in [-0.2, 0) is 11.8 Å². The number of aliphatic hydroxyl groups excluding tert-OH is 1. The van der Waals surface area contributed by atoms with Gasteiger partial charge in [-0.25, -0.2) is 4.39 Å². The Labute approximate surface area is 94.9 Å². The van der Waals surface area contributed by atoms with Crippen molar-refractivity contribution in [1.29, 1.82) is 0 Å². The first-order chi connectivity index (χ1) is 6.92. The zero-order chi connectivity index (χ0) is 11.6. The van der Waals surface area contributed by atoms with Gasteiger partial charge in [-0.15, -0.1) is 0 Å². The lowest BCUT2D eigenvalue weighted by molar-refractivity contribution is 0.215. The fraction of sp³-hybridized carbons (Fsp3) is 0.500. The third kappa shape index (κ3) is 2.50. The molecule has 1 aromatic rings. The summed E-state index contributed by atoms with van der Waals surface area (Å²) in [6.07, 6.45) is 0.800. The second-order valence-corrected chi connectivity index (χ2v) is 4.74. The summed E-state index contributed by atoms with van der Waals surface area (Å²) in [5.41, 5.74) is 0.867. The van der Waals surface area contributed by atoms with E-state index >= 15 is 0 Å². The molecule has 84 valence electrons. The van der Waals surface area contributed by atoms with Crippen LogP contribution in [0.3, 0.4) is 0 Å². The fourth-order valence-electron chi connectivity index (χ4n) is 1.43. The average Bonchev–Trinajstić information content (AvgIpc) is 2.21. The van der Waals surface area contributed by atoms with E-state index in [1.54, 1.807) is 26.0 Å². The largest absolute Gasteiger partial charge is 0.395 e. The van der Waals surface area contributed by atoms with Crippen LogP contribution in [0.4, 0.5) is 4.39 Å². The Bertz CT molecular complexity index is 361. The van der Waals surface area contributed by atoms with Gasteiger partial charge in [0.25, 0.3) is 0 Å². The molecule has 0 aliphatic carbocycles. The van der Waals surface area contributed by atoms with Crippen molar-refractivity contribution < 1.29 is 9.50 Å². The summed E-state index contributed by atoms with van der Waals surface area (Å²) in [6.45, 7) is 5.47. The van der Waals surface area contributed by atoms with Gasteiger partial charge in [-0.3, -0.25) is 0 Å². The molecular weight excluding hydrogens is 215 g/mol. The first-order valence-electron chi connectivity index (χ1n) is 5.01. The standard InChI is InChI=1S/C12H16ClFO/c1-4-8-5-9(12(2,3)7-15)11(14)10(13)6-8/h5-6,15H,4,7H2,1-3H3. The Hall–Kier alpha value is -0.600. The third-order valence-electron chi connectivity index (χ3n) is 2.62. The van der Waals surface area contributed by atoms with Crippen molar-refractivity contribution >= 4 is 11.6 Å². The van der Waals surface area contributed by atoms with Crippen molar-refractivity contribution in [1.82, 2.24) is 0 Å². The Kier molecular flexibility index (Phi) is 3.74. The fourth-order valence-corrected chi connectivity index (χ4v) is 1.67. The van der Waals surface area contributed by atoms with Crippen LogP contribution >= 0.6 is 11.6 Å². The van der Waals surface area contributed by atoms with Gasteiger partial charge in [0.1, 0.15) is 5.82 Å². The van der Waals surface area contributed by atoms with Crippen molar-refractivity contribution in [3.8, 4) is 0 Å². The molecule has 0 amide bonds. The predicted molar refractivity (Wildman–Crippen MR) is 60.9 cm³/mol. The lowest BCUT2D eigenvalue weighted by Crippen LogP contribution is -2.24. The van der Waals surface area contributed by atoms with Crippen molar-refractivity contribution in [2.45, 2.75) is 32.6 Å². The third-order valence-corrected chi connectivity index (χ3v) is 2.90. The Morgan fingerprint density at radius 1 is 1.40 bits per heavy atom. The van der Waals surface area contributed by atoms with Crippen LogP contribution in [0.25, 0.3) is 0 Å². The van der Waals surface area contributed by atoms with E-state index in [0.717, 1.165) is 12.0 Å². The summed E-state index contributed by atoms with van der Waals surface area (Å²) in [5.74, 6) is -0.423. The van der Waals surface area contributed by atoms with E-state index < -0.39 is 11.2 Å². The van der Waals surface area contributed by atoms with E-state index in [4.69, 9.17) is 11.6 Å². The van der Waals surface area contributed by atoms with Gasteiger partial charge < -0.3 is 5.11 Å². The molecule has 0 aliphatic rings.